The summed E-state index contributed by atoms with van der Waals surface area (Å²) >= 11 is 0. The zero-order valence-corrected chi connectivity index (χ0v) is 31.7. The summed E-state index contributed by atoms with van der Waals surface area (Å²) in [6.45, 7) is 11.2. The number of nitrogens with zero attached hydrogens (tertiary/aromatic N) is 7. The SMILES string of the molecule is CC(C)(C)OC(=O)N1CCC[C@@]1(C)COc1nc2c(c(N3CCN(C(=O)OCc4ccccc4)C(CC#N)C3)n1)CCN(c1cccc3ccccc13)C2. The van der Waals surface area contributed by atoms with E-state index in [-0.39, 0.29) is 31.7 Å². The van der Waals surface area contributed by atoms with Crippen LogP contribution in [0.5, 0.6) is 6.01 Å². The molecule has 0 N–H and O–H groups in total. The lowest BCUT2D eigenvalue weighted by Gasteiger charge is -2.42. The Labute approximate surface area is 317 Å². The van der Waals surface area contributed by atoms with Gasteiger partial charge in [-0.05, 0) is 64.0 Å². The van der Waals surface area contributed by atoms with Crippen molar-refractivity contribution < 1.29 is 23.8 Å². The summed E-state index contributed by atoms with van der Waals surface area (Å²) < 4.78 is 17.9. The maximum atomic E-state index is 13.3. The number of anilines is 2. The van der Waals surface area contributed by atoms with Crippen molar-refractivity contribution >= 4 is 34.5 Å². The molecule has 4 heterocycles. The molecule has 2 amide bonds. The van der Waals surface area contributed by atoms with E-state index in [1.54, 1.807) is 9.80 Å². The van der Waals surface area contributed by atoms with E-state index >= 15 is 0 Å². The van der Waals surface area contributed by atoms with Crippen molar-refractivity contribution in [2.75, 3.05) is 49.1 Å². The number of benzene rings is 3. The molecule has 1 unspecified atom stereocenters. The molecule has 4 aromatic rings. The first-order valence-corrected chi connectivity index (χ1v) is 18.9. The van der Waals surface area contributed by atoms with Crippen molar-refractivity contribution in [3.05, 3.63) is 89.6 Å². The highest BCUT2D eigenvalue weighted by Crippen LogP contribution is 2.36. The zero-order valence-electron chi connectivity index (χ0n) is 31.7. The van der Waals surface area contributed by atoms with Crippen LogP contribution in [0.2, 0.25) is 0 Å². The van der Waals surface area contributed by atoms with Crippen molar-refractivity contribution in [2.24, 2.45) is 0 Å². The number of rotatable bonds is 8. The lowest BCUT2D eigenvalue weighted by atomic mass is 10.0. The number of carbonyl (C=O) groups is 2. The maximum absolute atomic E-state index is 13.3. The number of aromatic nitrogens is 2. The van der Waals surface area contributed by atoms with Crippen LogP contribution in [0, 0.1) is 11.3 Å². The van der Waals surface area contributed by atoms with Gasteiger partial charge in [-0.25, -0.2) is 9.59 Å². The van der Waals surface area contributed by atoms with Gasteiger partial charge in [0.15, 0.2) is 0 Å². The maximum Gasteiger partial charge on any atom is 0.410 e. The van der Waals surface area contributed by atoms with Gasteiger partial charge in [-0.2, -0.15) is 15.2 Å². The third-order valence-electron chi connectivity index (χ3n) is 10.6. The number of amides is 2. The number of likely N-dealkylation sites (tertiary alicyclic amines) is 1. The van der Waals surface area contributed by atoms with Crippen molar-refractivity contribution in [1.82, 2.24) is 19.8 Å². The van der Waals surface area contributed by atoms with Crippen LogP contribution in [0.1, 0.15) is 63.8 Å². The Kier molecular flexibility index (Phi) is 10.5. The normalized spacial score (nSPS) is 20.0. The van der Waals surface area contributed by atoms with Crippen LogP contribution in [0.15, 0.2) is 72.8 Å². The molecule has 2 fully saturated rings. The number of hydrogen-bond acceptors (Lipinski definition) is 10. The molecule has 12 nitrogen and oxygen atoms in total. The lowest BCUT2D eigenvalue weighted by molar-refractivity contribution is 0.00162. The number of piperazine rings is 1. The van der Waals surface area contributed by atoms with Gasteiger partial charge in [-0.1, -0.05) is 66.7 Å². The number of nitriles is 1. The molecule has 12 heteroatoms. The topological polar surface area (TPSA) is 124 Å². The summed E-state index contributed by atoms with van der Waals surface area (Å²) in [6, 6.07) is 26.5. The van der Waals surface area contributed by atoms with E-state index in [0.29, 0.717) is 39.1 Å². The van der Waals surface area contributed by atoms with E-state index in [2.05, 4.69) is 58.3 Å². The highest BCUT2D eigenvalue weighted by molar-refractivity contribution is 5.94. The van der Waals surface area contributed by atoms with Gasteiger partial charge in [-0.15, -0.1) is 0 Å². The Balaban J connectivity index is 1.16. The first-order valence-electron chi connectivity index (χ1n) is 18.9. The Morgan fingerprint density at radius 1 is 0.926 bits per heavy atom. The summed E-state index contributed by atoms with van der Waals surface area (Å²) in [4.78, 5) is 44.6. The van der Waals surface area contributed by atoms with Gasteiger partial charge >= 0.3 is 18.2 Å². The molecule has 0 bridgehead atoms. The van der Waals surface area contributed by atoms with Gasteiger partial charge in [0.05, 0.1) is 36.3 Å². The minimum Gasteiger partial charge on any atom is -0.461 e. The van der Waals surface area contributed by atoms with Gasteiger partial charge in [-0.3, -0.25) is 4.90 Å². The molecule has 3 aliphatic rings. The Bertz CT molecular complexity index is 2020. The minimum atomic E-state index is -0.611. The van der Waals surface area contributed by atoms with Crippen LogP contribution in [-0.4, -0.2) is 88.5 Å². The minimum absolute atomic E-state index is 0.154. The van der Waals surface area contributed by atoms with Crippen LogP contribution in [-0.2, 0) is 29.0 Å². The second kappa shape index (κ2) is 15.4. The van der Waals surface area contributed by atoms with Crippen LogP contribution in [0.4, 0.5) is 21.1 Å². The Hall–Kier alpha value is -5.57. The average molecular weight is 732 g/mol. The van der Waals surface area contributed by atoms with E-state index in [9.17, 15) is 14.9 Å². The fourth-order valence-corrected chi connectivity index (χ4v) is 7.80. The van der Waals surface area contributed by atoms with Gasteiger partial charge in [0.1, 0.15) is 24.6 Å². The standard InChI is InChI=1S/C42H49N7O5/c1-41(2,3)54-40(51)49-22-11-20-42(49,4)29-53-38-44-35-27-46(36-17-10-15-31-14-8-9-16-33(31)36)23-19-34(35)37(45-38)47-24-25-48(32(26-47)18-21-43)39(50)52-28-30-12-6-5-7-13-30/h5-10,12-17,32H,11,18-20,22-29H2,1-4H3/t32?,42-/m0/s1. The van der Waals surface area contributed by atoms with Gasteiger partial charge < -0.3 is 28.9 Å². The van der Waals surface area contributed by atoms with Crippen molar-refractivity contribution in [2.45, 2.75) is 83.7 Å². The number of hydrogen-bond donors (Lipinski definition) is 0. The molecule has 0 radical (unpaired) electrons. The Morgan fingerprint density at radius 2 is 1.70 bits per heavy atom. The molecule has 282 valence electrons. The second-order valence-electron chi connectivity index (χ2n) is 15.6. The fourth-order valence-electron chi connectivity index (χ4n) is 7.80. The predicted molar refractivity (Wildman–Crippen MR) is 206 cm³/mol. The number of carbonyl (C=O) groups excluding carboxylic acids is 2. The van der Waals surface area contributed by atoms with E-state index in [4.69, 9.17) is 24.2 Å². The lowest BCUT2D eigenvalue weighted by Crippen LogP contribution is -2.56. The van der Waals surface area contributed by atoms with Crippen LogP contribution >= 0.6 is 0 Å². The first-order chi connectivity index (χ1) is 26.0. The molecule has 1 aromatic heterocycles. The molecule has 0 aliphatic carbocycles. The van der Waals surface area contributed by atoms with Crippen molar-refractivity contribution in [3.63, 3.8) is 0 Å². The van der Waals surface area contributed by atoms with E-state index < -0.39 is 23.3 Å². The predicted octanol–water partition coefficient (Wildman–Crippen LogP) is 7.10. The summed E-state index contributed by atoms with van der Waals surface area (Å²) in [7, 11) is 0. The average Bonchev–Trinajstić information content (AvgIpc) is 3.57. The molecule has 7 rings (SSSR count). The number of ether oxygens (including phenoxy) is 3. The highest BCUT2D eigenvalue weighted by Gasteiger charge is 2.43. The molecular weight excluding hydrogens is 683 g/mol. The number of fused-ring (bicyclic) bond motifs is 2. The molecule has 2 atom stereocenters. The fraction of sp³-hybridized carbons (Fsp3) is 0.452. The quantitative estimate of drug-likeness (QED) is 0.185. The second-order valence-corrected chi connectivity index (χ2v) is 15.6. The van der Waals surface area contributed by atoms with E-state index in [1.165, 1.54) is 10.8 Å². The summed E-state index contributed by atoms with van der Waals surface area (Å²) in [6.07, 6.45) is 1.68. The molecule has 0 saturated carbocycles. The smallest absolute Gasteiger partial charge is 0.410 e. The summed E-state index contributed by atoms with van der Waals surface area (Å²) in [5.41, 5.74) is 2.75. The zero-order chi connectivity index (χ0) is 37.9. The molecule has 54 heavy (non-hydrogen) atoms. The largest absolute Gasteiger partial charge is 0.461 e. The molecular formula is C42H49N7O5. The molecule has 0 spiro atoms. The summed E-state index contributed by atoms with van der Waals surface area (Å²) in [5, 5.41) is 12.2. The first kappa shape index (κ1) is 36.8. The van der Waals surface area contributed by atoms with E-state index in [0.717, 1.165) is 47.7 Å². The molecule has 3 aromatic carbocycles. The van der Waals surface area contributed by atoms with Crippen molar-refractivity contribution in [1.29, 1.82) is 5.26 Å². The van der Waals surface area contributed by atoms with Crippen LogP contribution < -0.4 is 14.5 Å². The third kappa shape index (κ3) is 8.00. The van der Waals surface area contributed by atoms with Crippen LogP contribution in [0.3, 0.4) is 0 Å². The third-order valence-corrected chi connectivity index (χ3v) is 10.6. The van der Waals surface area contributed by atoms with Crippen molar-refractivity contribution in [3.8, 4) is 12.1 Å². The van der Waals surface area contributed by atoms with Gasteiger partial charge in [0.2, 0.25) is 0 Å². The van der Waals surface area contributed by atoms with Gasteiger partial charge in [0.25, 0.3) is 0 Å². The van der Waals surface area contributed by atoms with Gasteiger partial charge in [0, 0.05) is 49.4 Å². The Morgan fingerprint density at radius 3 is 2.50 bits per heavy atom. The van der Waals surface area contributed by atoms with Crippen LogP contribution in [0.25, 0.3) is 10.8 Å². The molecule has 2 saturated heterocycles. The van der Waals surface area contributed by atoms with E-state index in [1.807, 2.05) is 58.0 Å². The highest BCUT2D eigenvalue weighted by atomic mass is 16.6. The molecule has 3 aliphatic heterocycles. The summed E-state index contributed by atoms with van der Waals surface area (Å²) in [5.74, 6) is 0.758. The monoisotopic (exact) mass is 731 g/mol.